The van der Waals surface area contributed by atoms with Gasteiger partial charge < -0.3 is 10.1 Å². The van der Waals surface area contributed by atoms with Gasteiger partial charge in [0.1, 0.15) is 16.8 Å². The van der Waals surface area contributed by atoms with Crippen LogP contribution in [0.1, 0.15) is 25.8 Å². The zero-order valence-electron chi connectivity index (χ0n) is 9.65. The molecule has 0 radical (unpaired) electrons. The summed E-state index contributed by atoms with van der Waals surface area (Å²) in [5.41, 5.74) is 0. The highest BCUT2D eigenvalue weighted by atomic mass is 32.1. The van der Waals surface area contributed by atoms with Gasteiger partial charge in [-0.15, -0.1) is 11.3 Å². The first-order chi connectivity index (χ1) is 7.76. The number of fused-ring (bicyclic) bond motifs is 1. The van der Waals surface area contributed by atoms with Gasteiger partial charge in [-0.05, 0) is 25.3 Å². The third-order valence-corrected chi connectivity index (χ3v) is 3.17. The lowest BCUT2D eigenvalue weighted by Crippen LogP contribution is -2.07. The van der Waals surface area contributed by atoms with Crippen molar-refractivity contribution in [2.75, 3.05) is 19.0 Å². The second-order valence-corrected chi connectivity index (χ2v) is 4.31. The van der Waals surface area contributed by atoms with Crippen LogP contribution >= 0.6 is 11.3 Å². The van der Waals surface area contributed by atoms with Crippen LogP contribution in [0.15, 0.2) is 11.4 Å². The molecular formula is C11H15N3OS. The summed E-state index contributed by atoms with van der Waals surface area (Å²) in [5, 5.41) is 6.19. The zero-order valence-corrected chi connectivity index (χ0v) is 10.5. The number of anilines is 1. The van der Waals surface area contributed by atoms with Crippen LogP contribution in [0.5, 0.6) is 0 Å². The lowest BCUT2D eigenvalue weighted by atomic mass is 10.3. The number of hydrogen-bond donors (Lipinski definition) is 1. The van der Waals surface area contributed by atoms with Crippen molar-refractivity contribution in [2.24, 2.45) is 0 Å². The van der Waals surface area contributed by atoms with E-state index in [1.807, 2.05) is 32.3 Å². The number of ether oxygens (including phenoxy) is 1. The average Bonchev–Trinajstić information content (AvgIpc) is 2.75. The number of nitrogens with zero attached hydrogens (tertiary/aromatic N) is 2. The van der Waals surface area contributed by atoms with E-state index in [4.69, 9.17) is 4.74 Å². The van der Waals surface area contributed by atoms with Gasteiger partial charge in [0.15, 0.2) is 5.82 Å². The van der Waals surface area contributed by atoms with Crippen LogP contribution in [0.3, 0.4) is 0 Å². The predicted molar refractivity (Wildman–Crippen MR) is 67.0 cm³/mol. The van der Waals surface area contributed by atoms with Gasteiger partial charge in [-0.2, -0.15) is 0 Å². The molecule has 1 N–H and O–H groups in total. The van der Waals surface area contributed by atoms with Gasteiger partial charge in [0.25, 0.3) is 0 Å². The highest BCUT2D eigenvalue weighted by Gasteiger charge is 2.13. The molecular weight excluding hydrogens is 222 g/mol. The summed E-state index contributed by atoms with van der Waals surface area (Å²) >= 11 is 1.62. The van der Waals surface area contributed by atoms with E-state index in [0.717, 1.165) is 21.9 Å². The van der Waals surface area contributed by atoms with Crippen LogP contribution < -0.4 is 5.32 Å². The van der Waals surface area contributed by atoms with Crippen LogP contribution in [-0.2, 0) is 4.74 Å². The minimum Gasteiger partial charge on any atom is -0.372 e. The maximum atomic E-state index is 5.50. The largest absolute Gasteiger partial charge is 0.372 e. The summed E-state index contributed by atoms with van der Waals surface area (Å²) in [4.78, 5) is 9.98. The monoisotopic (exact) mass is 237 g/mol. The van der Waals surface area contributed by atoms with E-state index in [9.17, 15) is 0 Å². The summed E-state index contributed by atoms with van der Waals surface area (Å²) in [6.07, 6.45) is -0.0661. The van der Waals surface area contributed by atoms with Crippen LogP contribution in [0, 0.1) is 0 Å². The number of aromatic nitrogens is 2. The SMILES string of the molecule is CCOC(C)c1nc(NC)c2ccsc2n1. The van der Waals surface area contributed by atoms with E-state index < -0.39 is 0 Å². The number of nitrogens with one attached hydrogen (secondary N) is 1. The first-order valence-corrected chi connectivity index (χ1v) is 6.18. The van der Waals surface area contributed by atoms with Crippen molar-refractivity contribution in [1.82, 2.24) is 9.97 Å². The van der Waals surface area contributed by atoms with E-state index >= 15 is 0 Å². The summed E-state index contributed by atoms with van der Waals surface area (Å²) in [6, 6.07) is 2.03. The molecule has 86 valence electrons. The maximum absolute atomic E-state index is 5.50. The number of hydrogen-bond acceptors (Lipinski definition) is 5. The van der Waals surface area contributed by atoms with Crippen LogP contribution in [0.25, 0.3) is 10.2 Å². The van der Waals surface area contributed by atoms with Gasteiger partial charge in [0, 0.05) is 13.7 Å². The van der Waals surface area contributed by atoms with Crippen molar-refractivity contribution in [2.45, 2.75) is 20.0 Å². The highest BCUT2D eigenvalue weighted by Crippen LogP contribution is 2.26. The van der Waals surface area contributed by atoms with E-state index in [1.165, 1.54) is 0 Å². The Balaban J connectivity index is 2.46. The summed E-state index contributed by atoms with van der Waals surface area (Å²) in [5.74, 6) is 1.61. The van der Waals surface area contributed by atoms with Crippen molar-refractivity contribution in [1.29, 1.82) is 0 Å². The summed E-state index contributed by atoms with van der Waals surface area (Å²) in [6.45, 7) is 4.61. The molecule has 2 heterocycles. The van der Waals surface area contributed by atoms with Crippen LogP contribution in [0.2, 0.25) is 0 Å². The Morgan fingerprint density at radius 2 is 2.31 bits per heavy atom. The van der Waals surface area contributed by atoms with Gasteiger partial charge in [-0.25, -0.2) is 9.97 Å². The molecule has 0 aromatic carbocycles. The molecule has 1 atom stereocenters. The molecule has 0 aliphatic rings. The molecule has 0 bridgehead atoms. The second-order valence-electron chi connectivity index (χ2n) is 3.42. The molecule has 16 heavy (non-hydrogen) atoms. The molecule has 0 fully saturated rings. The van der Waals surface area contributed by atoms with Crippen molar-refractivity contribution >= 4 is 27.4 Å². The topological polar surface area (TPSA) is 47.0 Å². The van der Waals surface area contributed by atoms with Crippen LogP contribution in [0.4, 0.5) is 5.82 Å². The molecule has 0 aliphatic carbocycles. The Labute approximate surface area is 98.7 Å². The Kier molecular flexibility index (Phi) is 3.36. The molecule has 0 aliphatic heterocycles. The summed E-state index contributed by atoms with van der Waals surface area (Å²) < 4.78 is 5.50. The fourth-order valence-corrected chi connectivity index (χ4v) is 2.34. The minimum atomic E-state index is -0.0661. The van der Waals surface area contributed by atoms with E-state index in [1.54, 1.807) is 11.3 Å². The molecule has 2 aromatic heterocycles. The van der Waals surface area contributed by atoms with Gasteiger partial charge in [0.05, 0.1) is 5.39 Å². The average molecular weight is 237 g/mol. The lowest BCUT2D eigenvalue weighted by Gasteiger charge is -2.11. The van der Waals surface area contributed by atoms with Gasteiger partial charge in [-0.1, -0.05) is 0 Å². The summed E-state index contributed by atoms with van der Waals surface area (Å²) in [7, 11) is 1.87. The fraction of sp³-hybridized carbons (Fsp3) is 0.455. The van der Waals surface area contributed by atoms with Crippen molar-refractivity contribution < 1.29 is 4.74 Å². The molecule has 0 saturated carbocycles. The fourth-order valence-electron chi connectivity index (χ4n) is 1.57. The number of thiophene rings is 1. The first kappa shape index (κ1) is 11.3. The normalized spacial score (nSPS) is 12.9. The first-order valence-electron chi connectivity index (χ1n) is 5.30. The van der Waals surface area contributed by atoms with Crippen molar-refractivity contribution in [3.63, 3.8) is 0 Å². The molecule has 2 aromatic rings. The Hall–Kier alpha value is -1.20. The van der Waals surface area contributed by atoms with E-state index in [-0.39, 0.29) is 6.10 Å². The highest BCUT2D eigenvalue weighted by molar-refractivity contribution is 7.16. The number of rotatable bonds is 4. The molecule has 1 unspecified atom stereocenters. The predicted octanol–water partition coefficient (Wildman–Crippen LogP) is 2.83. The minimum absolute atomic E-state index is 0.0661. The third-order valence-electron chi connectivity index (χ3n) is 2.36. The smallest absolute Gasteiger partial charge is 0.160 e. The van der Waals surface area contributed by atoms with Crippen molar-refractivity contribution in [3.8, 4) is 0 Å². The zero-order chi connectivity index (χ0) is 11.5. The van der Waals surface area contributed by atoms with Gasteiger partial charge in [-0.3, -0.25) is 0 Å². The Morgan fingerprint density at radius 3 is 3.00 bits per heavy atom. The Morgan fingerprint density at radius 1 is 1.50 bits per heavy atom. The molecule has 0 saturated heterocycles. The lowest BCUT2D eigenvalue weighted by molar-refractivity contribution is 0.0704. The van der Waals surface area contributed by atoms with E-state index in [0.29, 0.717) is 6.61 Å². The van der Waals surface area contributed by atoms with Crippen molar-refractivity contribution in [3.05, 3.63) is 17.3 Å². The maximum Gasteiger partial charge on any atom is 0.160 e. The molecule has 5 heteroatoms. The van der Waals surface area contributed by atoms with Gasteiger partial charge in [0.2, 0.25) is 0 Å². The second kappa shape index (κ2) is 4.76. The molecule has 2 rings (SSSR count). The van der Waals surface area contributed by atoms with Crippen LogP contribution in [-0.4, -0.2) is 23.6 Å². The Bertz CT molecular complexity index is 483. The molecule has 4 nitrogen and oxygen atoms in total. The standard InChI is InChI=1S/C11H15N3OS/c1-4-15-7(2)9-13-10(12-3)8-5-6-16-11(8)14-9/h5-7H,4H2,1-3H3,(H,12,13,14). The third kappa shape index (κ3) is 2.01. The van der Waals surface area contributed by atoms with E-state index in [2.05, 4.69) is 15.3 Å². The molecule has 0 amide bonds. The van der Waals surface area contributed by atoms with Gasteiger partial charge >= 0.3 is 0 Å². The quantitative estimate of drug-likeness (QED) is 0.888. The molecule has 0 spiro atoms.